The number of rotatable bonds is 2. The van der Waals surface area contributed by atoms with Crippen molar-refractivity contribution < 1.29 is 0 Å². The normalized spacial score (nSPS) is 18.5. The van der Waals surface area contributed by atoms with Crippen molar-refractivity contribution in [3.8, 4) is 0 Å². The van der Waals surface area contributed by atoms with E-state index in [0.717, 1.165) is 12.5 Å². The molecule has 70 valence electrons. The predicted octanol–water partition coefficient (Wildman–Crippen LogP) is 1.12. The Morgan fingerprint density at radius 3 is 2.85 bits per heavy atom. The Labute approximate surface area is 78.6 Å². The van der Waals surface area contributed by atoms with Crippen molar-refractivity contribution in [1.29, 1.82) is 0 Å². The van der Waals surface area contributed by atoms with Crippen LogP contribution in [0.5, 0.6) is 0 Å². The molecule has 0 aliphatic carbocycles. The van der Waals surface area contributed by atoms with Gasteiger partial charge in [-0.05, 0) is 17.5 Å². The van der Waals surface area contributed by atoms with Crippen LogP contribution in [0.4, 0.5) is 5.82 Å². The molecule has 2 heterocycles. The zero-order valence-electron chi connectivity index (χ0n) is 7.90. The molecule has 0 atom stereocenters. The van der Waals surface area contributed by atoms with Crippen molar-refractivity contribution >= 4 is 5.82 Å². The lowest BCUT2D eigenvalue weighted by atomic mass is 10.0. The average Bonchev–Trinajstić information content (AvgIpc) is 2.06. The summed E-state index contributed by atoms with van der Waals surface area (Å²) in [5.41, 5.74) is 6.75. The lowest BCUT2D eigenvalue weighted by Crippen LogP contribution is -2.44. The fourth-order valence-corrected chi connectivity index (χ4v) is 1.74. The summed E-state index contributed by atoms with van der Waals surface area (Å²) in [4.78, 5) is 6.48. The smallest absolute Gasteiger partial charge is 0.123 e. The molecule has 1 aromatic rings. The molecule has 0 saturated carbocycles. The van der Waals surface area contributed by atoms with E-state index in [1.54, 1.807) is 0 Å². The van der Waals surface area contributed by atoms with Gasteiger partial charge in [0.25, 0.3) is 0 Å². The average molecular weight is 177 g/mol. The first-order valence-electron chi connectivity index (χ1n) is 4.67. The number of anilines is 1. The maximum atomic E-state index is 5.50. The fourth-order valence-electron chi connectivity index (χ4n) is 1.74. The van der Waals surface area contributed by atoms with Gasteiger partial charge in [0.15, 0.2) is 0 Å². The van der Waals surface area contributed by atoms with E-state index >= 15 is 0 Å². The lowest BCUT2D eigenvalue weighted by Gasteiger charge is -2.37. The minimum absolute atomic E-state index is 0.598. The van der Waals surface area contributed by atoms with Crippen LogP contribution in [0.1, 0.15) is 12.5 Å². The largest absolute Gasteiger partial charge is 0.384 e. The van der Waals surface area contributed by atoms with E-state index < -0.39 is 0 Å². The molecule has 2 N–H and O–H groups in total. The van der Waals surface area contributed by atoms with Gasteiger partial charge in [0.1, 0.15) is 5.82 Å². The number of nitrogens with zero attached hydrogens (tertiary/aromatic N) is 2. The highest BCUT2D eigenvalue weighted by molar-refractivity contribution is 5.29. The third-order valence-electron chi connectivity index (χ3n) is 2.39. The van der Waals surface area contributed by atoms with Crippen molar-refractivity contribution in [3.63, 3.8) is 0 Å². The lowest BCUT2D eigenvalue weighted by molar-refractivity contribution is 0.105. The molecular weight excluding hydrogens is 162 g/mol. The van der Waals surface area contributed by atoms with Crippen LogP contribution in [-0.2, 0) is 6.54 Å². The molecule has 1 aliphatic rings. The molecule has 0 amide bonds. The molecular formula is C10H15N3. The second kappa shape index (κ2) is 3.34. The van der Waals surface area contributed by atoms with Gasteiger partial charge in [-0.15, -0.1) is 0 Å². The van der Waals surface area contributed by atoms with E-state index in [1.165, 1.54) is 18.7 Å². The molecule has 0 spiro atoms. The summed E-state index contributed by atoms with van der Waals surface area (Å²) in [6.45, 7) is 5.71. The molecule has 3 nitrogen and oxygen atoms in total. The summed E-state index contributed by atoms with van der Waals surface area (Å²) >= 11 is 0. The van der Waals surface area contributed by atoms with Gasteiger partial charge in [-0.1, -0.05) is 13.0 Å². The molecule has 1 saturated heterocycles. The van der Waals surface area contributed by atoms with Gasteiger partial charge >= 0.3 is 0 Å². The fraction of sp³-hybridized carbons (Fsp3) is 0.500. The summed E-state index contributed by atoms with van der Waals surface area (Å²) in [5, 5.41) is 0. The van der Waals surface area contributed by atoms with Crippen LogP contribution >= 0.6 is 0 Å². The summed E-state index contributed by atoms with van der Waals surface area (Å²) in [7, 11) is 0. The van der Waals surface area contributed by atoms with Crippen molar-refractivity contribution in [2.75, 3.05) is 18.8 Å². The van der Waals surface area contributed by atoms with Crippen molar-refractivity contribution in [2.45, 2.75) is 13.5 Å². The monoisotopic (exact) mass is 177 g/mol. The van der Waals surface area contributed by atoms with Gasteiger partial charge in [0.05, 0.1) is 0 Å². The Bertz CT molecular complexity index is 275. The van der Waals surface area contributed by atoms with Crippen LogP contribution in [0.3, 0.4) is 0 Å². The molecule has 0 bridgehead atoms. The van der Waals surface area contributed by atoms with E-state index in [-0.39, 0.29) is 0 Å². The highest BCUT2D eigenvalue weighted by atomic mass is 15.2. The maximum absolute atomic E-state index is 5.50. The molecule has 0 unspecified atom stereocenters. The molecule has 1 aromatic heterocycles. The third kappa shape index (κ3) is 1.98. The first kappa shape index (κ1) is 8.51. The van der Waals surface area contributed by atoms with E-state index in [2.05, 4.69) is 16.8 Å². The van der Waals surface area contributed by atoms with E-state index in [1.807, 2.05) is 18.3 Å². The van der Waals surface area contributed by atoms with Crippen LogP contribution in [0.25, 0.3) is 0 Å². The number of hydrogen-bond acceptors (Lipinski definition) is 3. The Kier molecular flexibility index (Phi) is 2.19. The number of aromatic nitrogens is 1. The van der Waals surface area contributed by atoms with Crippen LogP contribution in [0.15, 0.2) is 18.3 Å². The van der Waals surface area contributed by atoms with Gasteiger partial charge in [0, 0.05) is 25.8 Å². The second-order valence-corrected chi connectivity index (χ2v) is 3.89. The van der Waals surface area contributed by atoms with Gasteiger partial charge < -0.3 is 5.73 Å². The second-order valence-electron chi connectivity index (χ2n) is 3.89. The van der Waals surface area contributed by atoms with E-state index in [0.29, 0.717) is 5.82 Å². The van der Waals surface area contributed by atoms with E-state index in [4.69, 9.17) is 5.73 Å². The summed E-state index contributed by atoms with van der Waals surface area (Å²) in [6, 6.07) is 3.91. The molecule has 0 radical (unpaired) electrons. The van der Waals surface area contributed by atoms with Gasteiger partial charge in [0.2, 0.25) is 0 Å². The number of nitrogen functional groups attached to an aromatic ring is 1. The zero-order valence-corrected chi connectivity index (χ0v) is 7.90. The van der Waals surface area contributed by atoms with Crippen LogP contribution in [0, 0.1) is 5.92 Å². The van der Waals surface area contributed by atoms with E-state index in [9.17, 15) is 0 Å². The first-order chi connectivity index (χ1) is 6.24. The van der Waals surface area contributed by atoms with Gasteiger partial charge in [-0.25, -0.2) is 4.98 Å². The quantitative estimate of drug-likeness (QED) is 0.736. The molecule has 13 heavy (non-hydrogen) atoms. The third-order valence-corrected chi connectivity index (χ3v) is 2.39. The van der Waals surface area contributed by atoms with Crippen molar-refractivity contribution in [3.05, 3.63) is 23.9 Å². The number of pyridine rings is 1. The standard InChI is InChI=1S/C10H15N3/c1-8-5-13(6-8)7-9-2-3-10(11)12-4-9/h2-4,8H,5-7H2,1H3,(H2,11,12). The minimum atomic E-state index is 0.598. The maximum Gasteiger partial charge on any atom is 0.123 e. The number of nitrogens with two attached hydrogens (primary N) is 1. The van der Waals surface area contributed by atoms with Gasteiger partial charge in [-0.2, -0.15) is 0 Å². The minimum Gasteiger partial charge on any atom is -0.384 e. The molecule has 1 fully saturated rings. The van der Waals surface area contributed by atoms with Crippen molar-refractivity contribution in [2.24, 2.45) is 5.92 Å². The van der Waals surface area contributed by atoms with Crippen LogP contribution in [0.2, 0.25) is 0 Å². The summed E-state index contributed by atoms with van der Waals surface area (Å²) in [5.74, 6) is 1.46. The molecule has 2 rings (SSSR count). The number of hydrogen-bond donors (Lipinski definition) is 1. The van der Waals surface area contributed by atoms with Crippen LogP contribution in [-0.4, -0.2) is 23.0 Å². The molecule has 0 aromatic carbocycles. The van der Waals surface area contributed by atoms with Crippen LogP contribution < -0.4 is 5.73 Å². The molecule has 3 heteroatoms. The topological polar surface area (TPSA) is 42.1 Å². The first-order valence-corrected chi connectivity index (χ1v) is 4.67. The molecule has 1 aliphatic heterocycles. The predicted molar refractivity (Wildman–Crippen MR) is 53.1 cm³/mol. The SMILES string of the molecule is CC1CN(Cc2ccc(N)nc2)C1. The van der Waals surface area contributed by atoms with Gasteiger partial charge in [-0.3, -0.25) is 4.90 Å². The Morgan fingerprint density at radius 1 is 1.54 bits per heavy atom. The number of likely N-dealkylation sites (tertiary alicyclic amines) is 1. The summed E-state index contributed by atoms with van der Waals surface area (Å²) < 4.78 is 0. The Morgan fingerprint density at radius 2 is 2.31 bits per heavy atom. The zero-order chi connectivity index (χ0) is 9.26. The summed E-state index contributed by atoms with van der Waals surface area (Å²) in [6.07, 6.45) is 1.86. The highest BCUT2D eigenvalue weighted by Crippen LogP contribution is 2.17. The Hall–Kier alpha value is -1.09. The van der Waals surface area contributed by atoms with Crippen molar-refractivity contribution in [1.82, 2.24) is 9.88 Å². The Balaban J connectivity index is 1.91. The highest BCUT2D eigenvalue weighted by Gasteiger charge is 2.21.